The van der Waals surface area contributed by atoms with Crippen LogP contribution >= 0.6 is 12.4 Å². The third-order valence-corrected chi connectivity index (χ3v) is 4.20. The third-order valence-electron chi connectivity index (χ3n) is 4.20. The van der Waals surface area contributed by atoms with E-state index in [1.807, 2.05) is 18.2 Å². The highest BCUT2D eigenvalue weighted by Gasteiger charge is 2.27. The van der Waals surface area contributed by atoms with E-state index in [4.69, 9.17) is 4.74 Å². The molecule has 3 rings (SSSR count). The zero-order chi connectivity index (χ0) is 13.8. The molecule has 2 aliphatic heterocycles. The summed E-state index contributed by atoms with van der Waals surface area (Å²) in [5.41, 5.74) is 2.26. The first-order valence-corrected chi connectivity index (χ1v) is 7.52. The van der Waals surface area contributed by atoms with Crippen LogP contribution in [0.3, 0.4) is 0 Å². The fraction of sp³-hybridized carbons (Fsp3) is 0.562. The summed E-state index contributed by atoms with van der Waals surface area (Å²) in [5.74, 6) is 0.550. The summed E-state index contributed by atoms with van der Waals surface area (Å²) in [5, 5.41) is 6.43. The Kier molecular flexibility index (Phi) is 6.03. The van der Waals surface area contributed by atoms with Gasteiger partial charge in [0.25, 0.3) is 5.91 Å². The summed E-state index contributed by atoms with van der Waals surface area (Å²) in [6, 6.07) is 8.08. The Morgan fingerprint density at radius 1 is 1.38 bits per heavy atom. The molecule has 21 heavy (non-hydrogen) atoms. The Balaban J connectivity index is 0.00000161. The summed E-state index contributed by atoms with van der Waals surface area (Å²) in [6.07, 6.45) is 2.85. The maximum Gasteiger partial charge on any atom is 0.253 e. The van der Waals surface area contributed by atoms with Crippen LogP contribution in [-0.2, 0) is 16.0 Å². The Morgan fingerprint density at radius 3 is 3.05 bits per heavy atom. The van der Waals surface area contributed by atoms with Crippen LogP contribution in [0.15, 0.2) is 24.3 Å². The van der Waals surface area contributed by atoms with Gasteiger partial charge >= 0.3 is 0 Å². The number of carbonyl (C=O) groups is 1. The summed E-state index contributed by atoms with van der Waals surface area (Å²) < 4.78 is 5.68. The lowest BCUT2D eigenvalue weighted by atomic mass is 9.96. The largest absolute Gasteiger partial charge is 0.363 e. The van der Waals surface area contributed by atoms with Gasteiger partial charge in [0.2, 0.25) is 0 Å². The second-order valence-electron chi connectivity index (χ2n) is 5.66. The van der Waals surface area contributed by atoms with Gasteiger partial charge in [-0.05, 0) is 49.4 Å². The topological polar surface area (TPSA) is 50.4 Å². The van der Waals surface area contributed by atoms with Gasteiger partial charge in [-0.25, -0.2) is 0 Å². The van der Waals surface area contributed by atoms with Crippen LogP contribution in [0, 0.1) is 5.92 Å². The highest BCUT2D eigenvalue weighted by atomic mass is 35.5. The predicted molar refractivity (Wildman–Crippen MR) is 84.7 cm³/mol. The van der Waals surface area contributed by atoms with Crippen LogP contribution in [0.1, 0.15) is 30.1 Å². The van der Waals surface area contributed by atoms with Gasteiger partial charge < -0.3 is 15.4 Å². The number of fused-ring (bicyclic) bond motifs is 1. The van der Waals surface area contributed by atoms with Crippen LogP contribution in [-0.4, -0.2) is 32.1 Å². The summed E-state index contributed by atoms with van der Waals surface area (Å²) in [6.45, 7) is 3.47. The molecular weight excluding hydrogens is 288 g/mol. The fourth-order valence-electron chi connectivity index (χ4n) is 3.05. The Morgan fingerprint density at radius 2 is 2.24 bits per heavy atom. The van der Waals surface area contributed by atoms with Crippen molar-refractivity contribution < 1.29 is 9.53 Å². The molecule has 0 saturated carbocycles. The van der Waals surface area contributed by atoms with E-state index in [2.05, 4.69) is 16.7 Å². The van der Waals surface area contributed by atoms with Crippen molar-refractivity contribution in [3.05, 3.63) is 35.4 Å². The average molecular weight is 311 g/mol. The zero-order valence-electron chi connectivity index (χ0n) is 12.1. The van der Waals surface area contributed by atoms with Crippen LogP contribution in [0.4, 0.5) is 0 Å². The van der Waals surface area contributed by atoms with Crippen LogP contribution < -0.4 is 10.6 Å². The van der Waals surface area contributed by atoms with E-state index in [1.54, 1.807) is 0 Å². The van der Waals surface area contributed by atoms with Crippen LogP contribution in [0.25, 0.3) is 0 Å². The zero-order valence-corrected chi connectivity index (χ0v) is 13.0. The summed E-state index contributed by atoms with van der Waals surface area (Å²) in [4.78, 5) is 12.3. The normalized spacial score (nSPS) is 24.6. The molecule has 2 atom stereocenters. The number of carbonyl (C=O) groups excluding carboxylic acids is 1. The molecule has 0 bridgehead atoms. The molecule has 1 aromatic rings. The number of amides is 1. The fourth-order valence-corrected chi connectivity index (χ4v) is 3.05. The molecule has 1 aromatic carbocycles. The molecule has 0 aliphatic carbocycles. The number of piperidine rings is 1. The van der Waals surface area contributed by atoms with Crippen LogP contribution in [0.5, 0.6) is 0 Å². The molecule has 2 N–H and O–H groups in total. The van der Waals surface area contributed by atoms with E-state index in [9.17, 15) is 4.79 Å². The van der Waals surface area contributed by atoms with Crippen molar-refractivity contribution in [3.8, 4) is 0 Å². The standard InChI is InChI=1S/C16H22N2O2.ClH/c19-16(18-11-12-4-3-8-17-10-12)15-14-6-2-1-5-13(14)7-9-20-15;/h1-2,5-6,12,15,17H,3-4,7-11H2,(H,18,19);1H. The highest BCUT2D eigenvalue weighted by Crippen LogP contribution is 2.27. The Hall–Kier alpha value is -1.10. The first-order valence-electron chi connectivity index (χ1n) is 7.52. The lowest BCUT2D eigenvalue weighted by Crippen LogP contribution is -2.40. The molecular formula is C16H23ClN2O2. The van der Waals surface area contributed by atoms with Gasteiger partial charge in [-0.3, -0.25) is 4.79 Å². The molecule has 2 unspecified atom stereocenters. The third kappa shape index (κ3) is 3.96. The van der Waals surface area contributed by atoms with Crippen molar-refractivity contribution in [2.45, 2.75) is 25.4 Å². The molecule has 4 nitrogen and oxygen atoms in total. The lowest BCUT2D eigenvalue weighted by molar-refractivity contribution is -0.134. The quantitative estimate of drug-likeness (QED) is 0.895. The number of rotatable bonds is 3. The van der Waals surface area contributed by atoms with Gasteiger partial charge in [0.1, 0.15) is 0 Å². The minimum absolute atomic E-state index is 0. The monoisotopic (exact) mass is 310 g/mol. The van der Waals surface area contributed by atoms with Crippen molar-refractivity contribution >= 4 is 18.3 Å². The average Bonchev–Trinajstić information content (AvgIpc) is 2.53. The van der Waals surface area contributed by atoms with E-state index in [0.29, 0.717) is 12.5 Å². The van der Waals surface area contributed by atoms with Gasteiger partial charge in [0.15, 0.2) is 6.10 Å². The van der Waals surface area contributed by atoms with Crippen molar-refractivity contribution in [2.75, 3.05) is 26.2 Å². The number of hydrogen-bond donors (Lipinski definition) is 2. The molecule has 1 saturated heterocycles. The smallest absolute Gasteiger partial charge is 0.253 e. The van der Waals surface area contributed by atoms with Gasteiger partial charge in [-0.2, -0.15) is 0 Å². The summed E-state index contributed by atoms with van der Waals surface area (Å²) >= 11 is 0. The number of benzene rings is 1. The molecule has 2 aliphatic rings. The first kappa shape index (κ1) is 16.3. The Labute approximate surface area is 132 Å². The van der Waals surface area contributed by atoms with Gasteiger partial charge in [-0.1, -0.05) is 24.3 Å². The molecule has 1 fully saturated rings. The lowest BCUT2D eigenvalue weighted by Gasteiger charge is -2.27. The molecule has 5 heteroatoms. The number of nitrogens with one attached hydrogen (secondary N) is 2. The first-order chi connectivity index (χ1) is 9.84. The van der Waals surface area contributed by atoms with Crippen molar-refractivity contribution in [1.82, 2.24) is 10.6 Å². The second-order valence-corrected chi connectivity index (χ2v) is 5.66. The summed E-state index contributed by atoms with van der Waals surface area (Å²) in [7, 11) is 0. The van der Waals surface area contributed by atoms with E-state index < -0.39 is 6.10 Å². The molecule has 1 amide bonds. The van der Waals surface area contributed by atoms with E-state index >= 15 is 0 Å². The van der Waals surface area contributed by atoms with Gasteiger partial charge in [-0.15, -0.1) is 12.4 Å². The van der Waals surface area contributed by atoms with Crippen molar-refractivity contribution in [3.63, 3.8) is 0 Å². The second kappa shape index (κ2) is 7.78. The molecule has 0 aromatic heterocycles. The Bertz CT molecular complexity index is 475. The number of hydrogen-bond acceptors (Lipinski definition) is 3. The highest BCUT2D eigenvalue weighted by molar-refractivity contribution is 5.85. The number of ether oxygens (including phenoxy) is 1. The van der Waals surface area contributed by atoms with E-state index in [-0.39, 0.29) is 18.3 Å². The molecule has 0 radical (unpaired) electrons. The van der Waals surface area contributed by atoms with Gasteiger partial charge in [0, 0.05) is 6.54 Å². The molecule has 2 heterocycles. The molecule has 116 valence electrons. The number of halogens is 1. The van der Waals surface area contributed by atoms with E-state index in [1.165, 1.54) is 18.4 Å². The maximum atomic E-state index is 12.3. The van der Waals surface area contributed by atoms with Crippen molar-refractivity contribution in [1.29, 1.82) is 0 Å². The van der Waals surface area contributed by atoms with Crippen LogP contribution in [0.2, 0.25) is 0 Å². The minimum Gasteiger partial charge on any atom is -0.363 e. The minimum atomic E-state index is -0.434. The molecule has 0 spiro atoms. The van der Waals surface area contributed by atoms with E-state index in [0.717, 1.165) is 31.6 Å². The van der Waals surface area contributed by atoms with Crippen molar-refractivity contribution in [2.24, 2.45) is 5.92 Å². The SMILES string of the molecule is Cl.O=C(NCC1CCCNC1)C1OCCc2ccccc21. The maximum absolute atomic E-state index is 12.3. The predicted octanol–water partition coefficient (Wildman–Crippen LogP) is 1.84. The van der Waals surface area contributed by atoms with Gasteiger partial charge in [0.05, 0.1) is 6.61 Å².